The van der Waals surface area contributed by atoms with Crippen LogP contribution in [0.25, 0.3) is 0 Å². The summed E-state index contributed by atoms with van der Waals surface area (Å²) in [5.41, 5.74) is 1.09. The molecular formula is C55H79ClN10O12. The van der Waals surface area contributed by atoms with Crippen LogP contribution in [-0.4, -0.2) is 185 Å². The minimum Gasteiger partial charge on any atom is -0.493 e. The fourth-order valence-electron chi connectivity index (χ4n) is 11.0. The highest BCUT2D eigenvalue weighted by atomic mass is 35.5. The SMILES string of the molecule is CC(=O)N1CC[C@H]2CC[C@@H](C(=O)N[C@@H]3CCOc4ccccc43)N2C(=O)[C@@H](NC(=O)[C@H](C)N(C)C(=O)OC(C)(C)C)C1.CN[C@@H](C)C(=O)N[C@H]1CN(C(C)=O)CC[C@H]2CC[C@@H](C(=O)N[C@@H]3CCOc4ccccc43)N2C1=O.Cl. The molecule has 428 valence electrons. The molecule has 6 aliphatic heterocycles. The summed E-state index contributed by atoms with van der Waals surface area (Å²) in [5.74, 6) is -0.928. The minimum absolute atomic E-state index is 0. The lowest BCUT2D eigenvalue weighted by Crippen LogP contribution is -2.62. The maximum atomic E-state index is 14.1. The van der Waals surface area contributed by atoms with Gasteiger partial charge in [-0.3, -0.25) is 43.3 Å². The van der Waals surface area contributed by atoms with Gasteiger partial charge in [-0.15, -0.1) is 12.4 Å². The molecule has 2 aromatic carbocycles. The molecule has 0 bridgehead atoms. The number of hydrogen-bond acceptors (Lipinski definition) is 13. The molecule has 0 unspecified atom stereocenters. The van der Waals surface area contributed by atoms with E-state index < -0.39 is 59.8 Å². The van der Waals surface area contributed by atoms with Crippen molar-refractivity contribution >= 4 is 65.8 Å². The third-order valence-electron chi connectivity index (χ3n) is 15.5. The third kappa shape index (κ3) is 14.3. The first kappa shape index (κ1) is 60.5. The van der Waals surface area contributed by atoms with Crippen molar-refractivity contribution in [2.45, 2.75) is 166 Å². The molecule has 0 aromatic heterocycles. The van der Waals surface area contributed by atoms with Gasteiger partial charge >= 0.3 is 6.09 Å². The van der Waals surface area contributed by atoms with E-state index in [1.807, 2.05) is 48.5 Å². The Morgan fingerprint density at radius 2 is 1.04 bits per heavy atom. The summed E-state index contributed by atoms with van der Waals surface area (Å²) in [6.07, 6.45) is 4.03. The maximum absolute atomic E-state index is 14.1. The summed E-state index contributed by atoms with van der Waals surface area (Å²) < 4.78 is 16.8. The van der Waals surface area contributed by atoms with Gasteiger partial charge in [0.05, 0.1) is 31.3 Å². The van der Waals surface area contributed by atoms with Crippen LogP contribution in [0.5, 0.6) is 11.5 Å². The second-order valence-corrected chi connectivity index (χ2v) is 21.9. The van der Waals surface area contributed by atoms with E-state index in [4.69, 9.17) is 14.2 Å². The molecule has 10 atom stereocenters. The van der Waals surface area contributed by atoms with Crippen molar-refractivity contribution in [1.29, 1.82) is 0 Å². The number of para-hydroxylation sites is 2. The normalized spacial score (nSPS) is 25.4. The van der Waals surface area contributed by atoms with Gasteiger partial charge < -0.3 is 60.4 Å². The van der Waals surface area contributed by atoms with E-state index >= 15 is 0 Å². The Morgan fingerprint density at radius 3 is 1.45 bits per heavy atom. The van der Waals surface area contributed by atoms with E-state index in [9.17, 15) is 43.2 Å². The molecule has 8 rings (SSSR count). The molecule has 0 aliphatic carbocycles. The van der Waals surface area contributed by atoms with Crippen LogP contribution in [0.3, 0.4) is 0 Å². The van der Waals surface area contributed by atoms with Crippen molar-refractivity contribution in [3.05, 3.63) is 59.7 Å². The lowest BCUT2D eigenvalue weighted by Gasteiger charge is -2.39. The average molecular weight is 1110 g/mol. The zero-order valence-electron chi connectivity index (χ0n) is 46.3. The van der Waals surface area contributed by atoms with Crippen molar-refractivity contribution in [3.8, 4) is 11.5 Å². The number of fused-ring (bicyclic) bond motifs is 4. The second-order valence-electron chi connectivity index (χ2n) is 21.9. The van der Waals surface area contributed by atoms with E-state index in [1.165, 1.54) is 27.8 Å². The molecule has 23 heteroatoms. The molecule has 0 spiro atoms. The van der Waals surface area contributed by atoms with E-state index in [0.29, 0.717) is 77.7 Å². The summed E-state index contributed by atoms with van der Waals surface area (Å²) in [5, 5.41) is 14.7. The molecule has 6 heterocycles. The molecule has 4 saturated heterocycles. The van der Waals surface area contributed by atoms with Crippen LogP contribution in [0.1, 0.15) is 123 Å². The molecule has 22 nitrogen and oxygen atoms in total. The fraction of sp³-hybridized carbons (Fsp3) is 0.618. The minimum atomic E-state index is -1.09. The predicted molar refractivity (Wildman–Crippen MR) is 289 cm³/mol. The molecule has 9 amide bonds. The predicted octanol–water partition coefficient (Wildman–Crippen LogP) is 2.73. The lowest BCUT2D eigenvalue weighted by molar-refractivity contribution is -0.147. The molecule has 5 N–H and O–H groups in total. The topological polar surface area (TPSA) is 258 Å². The number of rotatable bonds is 10. The molecule has 2 aromatic rings. The molecule has 4 fully saturated rings. The van der Waals surface area contributed by atoms with E-state index in [2.05, 4.69) is 26.6 Å². The molecule has 6 aliphatic rings. The maximum Gasteiger partial charge on any atom is 0.410 e. The standard InChI is InChI=1S/C30H43N5O7.C25H35N5O5.ClH/c1-18(33(6)29(40)42-30(3,4)5)26(37)32-23-17-34(19(2)36)15-13-20-11-12-24(35(20)28(23)39)27(38)31-22-14-16-41-25-10-8-7-9-21(22)25;1-15(26-3)23(32)28-20-14-29(16(2)31)12-10-17-8-9-21(30(17)25(20)34)24(33)27-19-11-13-35-22-7-5-4-6-18(19)22;/h7-10,18,20,22-24H,11-17H2,1-6H3,(H,31,38)(H,32,37);4-7,15,17,19-21,26H,8-14H2,1-3H3,(H,27,33)(H,28,32);1H/t18-,20+,22+,23-,24-;15-,17+,19+,20-,21-;/m00./s1. The van der Waals surface area contributed by atoms with Crippen LogP contribution in [0.15, 0.2) is 48.5 Å². The molecule has 78 heavy (non-hydrogen) atoms. The Balaban J connectivity index is 0.000000253. The number of carbonyl (C=O) groups excluding carboxylic acids is 9. The molecule has 0 radical (unpaired) electrons. The second kappa shape index (κ2) is 26.3. The van der Waals surface area contributed by atoms with Crippen molar-refractivity contribution in [2.24, 2.45) is 0 Å². The van der Waals surface area contributed by atoms with Crippen LogP contribution >= 0.6 is 12.4 Å². The number of carbonyl (C=O) groups is 9. The number of benzene rings is 2. The van der Waals surface area contributed by atoms with E-state index in [1.54, 1.807) is 54.3 Å². The van der Waals surface area contributed by atoms with Crippen LogP contribution in [-0.2, 0) is 43.1 Å². The number of likely N-dealkylation sites (N-methyl/N-ethyl adjacent to an activating group) is 2. The molecule has 0 saturated carbocycles. The van der Waals surface area contributed by atoms with Gasteiger partial charge in [0.2, 0.25) is 47.3 Å². The Kier molecular flexibility index (Phi) is 20.4. The average Bonchev–Trinajstić information content (AvgIpc) is 4.06. The summed E-state index contributed by atoms with van der Waals surface area (Å²) in [6, 6.07) is 9.62. The van der Waals surface area contributed by atoms with Gasteiger partial charge in [-0.05, 0) is 92.3 Å². The van der Waals surface area contributed by atoms with Gasteiger partial charge in [0.15, 0.2) is 0 Å². The summed E-state index contributed by atoms with van der Waals surface area (Å²) in [7, 11) is 3.11. The van der Waals surface area contributed by atoms with Gasteiger partial charge in [-0.25, -0.2) is 4.79 Å². The summed E-state index contributed by atoms with van der Waals surface area (Å²) in [4.78, 5) is 126. The van der Waals surface area contributed by atoms with Crippen LogP contribution in [0.4, 0.5) is 4.79 Å². The largest absolute Gasteiger partial charge is 0.493 e. The number of nitrogens with zero attached hydrogens (tertiary/aromatic N) is 5. The van der Waals surface area contributed by atoms with E-state index in [0.717, 1.165) is 27.5 Å². The van der Waals surface area contributed by atoms with Gasteiger partial charge in [0, 0.05) is 83.1 Å². The van der Waals surface area contributed by atoms with Crippen molar-refractivity contribution in [1.82, 2.24) is 51.1 Å². The Bertz CT molecular complexity index is 2550. The smallest absolute Gasteiger partial charge is 0.410 e. The summed E-state index contributed by atoms with van der Waals surface area (Å²) in [6.45, 7) is 13.2. The summed E-state index contributed by atoms with van der Waals surface area (Å²) >= 11 is 0. The first-order valence-corrected chi connectivity index (χ1v) is 27.0. The number of nitrogens with one attached hydrogen (secondary N) is 5. The zero-order valence-corrected chi connectivity index (χ0v) is 47.2. The van der Waals surface area contributed by atoms with Crippen molar-refractivity contribution in [3.63, 3.8) is 0 Å². The first-order valence-electron chi connectivity index (χ1n) is 27.0. The Hall–Kier alpha value is -6.68. The Morgan fingerprint density at radius 1 is 0.615 bits per heavy atom. The Labute approximate surface area is 463 Å². The van der Waals surface area contributed by atoms with Gasteiger partial charge in [-0.2, -0.15) is 0 Å². The van der Waals surface area contributed by atoms with Gasteiger partial charge in [0.25, 0.3) is 0 Å². The number of halogens is 1. The first-order chi connectivity index (χ1) is 36.6. The quantitative estimate of drug-likeness (QED) is 0.230. The van der Waals surface area contributed by atoms with Gasteiger partial charge in [-0.1, -0.05) is 36.4 Å². The van der Waals surface area contributed by atoms with E-state index in [-0.39, 0.29) is 85.1 Å². The highest BCUT2D eigenvalue weighted by molar-refractivity contribution is 5.96. The monoisotopic (exact) mass is 1110 g/mol. The highest BCUT2D eigenvalue weighted by Crippen LogP contribution is 2.36. The third-order valence-corrected chi connectivity index (χ3v) is 15.5. The van der Waals surface area contributed by atoms with Crippen LogP contribution in [0, 0.1) is 0 Å². The number of ether oxygens (including phenoxy) is 3. The zero-order chi connectivity index (χ0) is 55.9. The van der Waals surface area contributed by atoms with Gasteiger partial charge in [0.1, 0.15) is 47.3 Å². The highest BCUT2D eigenvalue weighted by Gasteiger charge is 2.48. The fourth-order valence-corrected chi connectivity index (χ4v) is 11.0. The van der Waals surface area contributed by atoms with Crippen LogP contribution < -0.4 is 36.1 Å². The van der Waals surface area contributed by atoms with Crippen molar-refractivity contribution < 1.29 is 57.4 Å². The van der Waals surface area contributed by atoms with Crippen molar-refractivity contribution in [2.75, 3.05) is 53.5 Å². The molecular weight excluding hydrogens is 1030 g/mol. The van der Waals surface area contributed by atoms with Crippen LogP contribution in [0.2, 0.25) is 0 Å². The number of hydrogen-bond donors (Lipinski definition) is 5. The number of amides is 9. The lowest BCUT2D eigenvalue weighted by atomic mass is 10.00.